The van der Waals surface area contributed by atoms with Crippen molar-refractivity contribution in [1.82, 2.24) is 9.88 Å². The number of hydrogen-bond donors (Lipinski definition) is 2. The third-order valence-electron chi connectivity index (χ3n) is 3.03. The fourth-order valence-electron chi connectivity index (χ4n) is 2.23. The first-order valence-electron chi connectivity index (χ1n) is 6.96. The lowest BCUT2D eigenvalue weighted by atomic mass is 10.2. The second kappa shape index (κ2) is 6.22. The molecule has 0 radical (unpaired) electrons. The molecule has 2 aromatic rings. The van der Waals surface area contributed by atoms with Crippen molar-refractivity contribution in [2.24, 2.45) is 10.2 Å². The summed E-state index contributed by atoms with van der Waals surface area (Å²) in [7, 11) is 0. The normalized spacial score (nSPS) is 11.9. The predicted octanol–water partition coefficient (Wildman–Crippen LogP) is 4.29. The molecule has 0 saturated heterocycles. The highest BCUT2D eigenvalue weighted by Gasteiger charge is 2.18. The monoisotopic (exact) mass is 304 g/mol. The third kappa shape index (κ3) is 3.21. The Morgan fingerprint density at radius 3 is 2.52 bits per heavy atom. The Kier molecular flexibility index (Phi) is 4.57. The predicted molar refractivity (Wildman–Crippen MR) is 89.4 cm³/mol. The van der Waals surface area contributed by atoms with Gasteiger partial charge in [-0.25, -0.2) is 0 Å². The first-order valence-corrected chi connectivity index (χ1v) is 7.36. The zero-order valence-electron chi connectivity index (χ0n) is 12.7. The number of rotatable bonds is 3. The second-order valence-electron chi connectivity index (χ2n) is 5.46. The molecule has 112 valence electrons. The van der Waals surface area contributed by atoms with Crippen molar-refractivity contribution in [1.29, 1.82) is 0 Å². The fourth-order valence-corrected chi connectivity index (χ4v) is 2.50. The van der Waals surface area contributed by atoms with Crippen LogP contribution >= 0.6 is 12.2 Å². The van der Waals surface area contributed by atoms with Gasteiger partial charge in [0.05, 0.1) is 5.52 Å². The molecule has 0 saturated carbocycles. The smallest absolute Gasteiger partial charge is 0.221 e. The van der Waals surface area contributed by atoms with E-state index in [-0.39, 0.29) is 18.0 Å². The molecule has 1 aromatic heterocycles. The molecule has 2 N–H and O–H groups in total. The van der Waals surface area contributed by atoms with Crippen LogP contribution in [0.2, 0.25) is 0 Å². The summed E-state index contributed by atoms with van der Waals surface area (Å²) < 4.78 is 1.84. The molecular weight excluding hydrogens is 284 g/mol. The minimum absolute atomic E-state index is 0.113. The summed E-state index contributed by atoms with van der Waals surface area (Å²) in [4.78, 5) is 0. The topological polar surface area (TPSA) is 61.9 Å². The summed E-state index contributed by atoms with van der Waals surface area (Å²) in [5.41, 5.74) is 1.38. The highest BCUT2D eigenvalue weighted by atomic mass is 32.1. The van der Waals surface area contributed by atoms with Gasteiger partial charge in [0.2, 0.25) is 11.0 Å². The van der Waals surface area contributed by atoms with Crippen molar-refractivity contribution in [3.63, 3.8) is 0 Å². The average Bonchev–Trinajstić information content (AvgIpc) is 2.67. The van der Waals surface area contributed by atoms with Crippen molar-refractivity contribution in [3.8, 4) is 5.88 Å². The van der Waals surface area contributed by atoms with Gasteiger partial charge >= 0.3 is 0 Å². The molecule has 0 aliphatic rings. The summed E-state index contributed by atoms with van der Waals surface area (Å²) in [6.45, 7) is 7.98. The number of para-hydroxylation sites is 1. The van der Waals surface area contributed by atoms with Gasteiger partial charge in [0.1, 0.15) is 0 Å². The van der Waals surface area contributed by atoms with Crippen LogP contribution < -0.4 is 5.32 Å². The molecule has 21 heavy (non-hydrogen) atoms. The van der Waals surface area contributed by atoms with Gasteiger partial charge in [-0.1, -0.05) is 18.2 Å². The van der Waals surface area contributed by atoms with Crippen LogP contribution in [0, 0.1) is 0 Å². The number of fused-ring (bicyclic) bond motifs is 1. The molecule has 0 spiro atoms. The lowest BCUT2D eigenvalue weighted by molar-refractivity contribution is 0.407. The Morgan fingerprint density at radius 1 is 1.24 bits per heavy atom. The molecule has 5 nitrogen and oxygen atoms in total. The van der Waals surface area contributed by atoms with Crippen LogP contribution in [0.1, 0.15) is 33.7 Å². The number of nitrogens with one attached hydrogen (secondary N) is 1. The maximum absolute atomic E-state index is 10.4. The zero-order valence-corrected chi connectivity index (χ0v) is 13.5. The molecule has 0 fully saturated rings. The van der Waals surface area contributed by atoms with Crippen molar-refractivity contribution >= 4 is 33.9 Å². The molecular formula is C15H20N4OS. The van der Waals surface area contributed by atoms with Crippen molar-refractivity contribution in [3.05, 3.63) is 24.3 Å². The SMILES string of the molecule is CC(C)NC(=S)N=Nc1c(O)n(C(C)C)c2ccccc12. The maximum atomic E-state index is 10.4. The Hall–Kier alpha value is -1.95. The van der Waals surface area contributed by atoms with Crippen LogP contribution in [-0.4, -0.2) is 20.8 Å². The molecule has 6 heteroatoms. The molecule has 0 bridgehead atoms. The molecule has 0 atom stereocenters. The van der Waals surface area contributed by atoms with E-state index >= 15 is 0 Å². The highest BCUT2D eigenvalue weighted by Crippen LogP contribution is 2.40. The van der Waals surface area contributed by atoms with Gasteiger partial charge in [0.25, 0.3) is 0 Å². The van der Waals surface area contributed by atoms with E-state index in [0.717, 1.165) is 10.9 Å². The van der Waals surface area contributed by atoms with Gasteiger partial charge in [-0.05, 0) is 46.0 Å². The van der Waals surface area contributed by atoms with E-state index in [9.17, 15) is 5.11 Å². The van der Waals surface area contributed by atoms with E-state index in [0.29, 0.717) is 10.8 Å². The van der Waals surface area contributed by atoms with Crippen molar-refractivity contribution in [2.45, 2.75) is 39.8 Å². The Bertz CT molecular complexity index is 688. The van der Waals surface area contributed by atoms with Crippen LogP contribution in [0.25, 0.3) is 10.9 Å². The maximum Gasteiger partial charge on any atom is 0.221 e. The van der Waals surface area contributed by atoms with Gasteiger partial charge in [-0.3, -0.25) is 0 Å². The molecule has 2 rings (SSSR count). The van der Waals surface area contributed by atoms with Gasteiger partial charge < -0.3 is 15.0 Å². The van der Waals surface area contributed by atoms with E-state index in [2.05, 4.69) is 15.5 Å². The lowest BCUT2D eigenvalue weighted by Gasteiger charge is -2.10. The van der Waals surface area contributed by atoms with Crippen LogP contribution in [-0.2, 0) is 0 Å². The van der Waals surface area contributed by atoms with Gasteiger partial charge in [0, 0.05) is 17.5 Å². The van der Waals surface area contributed by atoms with Crippen LogP contribution in [0.15, 0.2) is 34.5 Å². The first-order chi connectivity index (χ1) is 9.91. The van der Waals surface area contributed by atoms with E-state index < -0.39 is 0 Å². The number of thiocarbonyl (C=S) groups is 1. The van der Waals surface area contributed by atoms with Gasteiger partial charge in [0.15, 0.2) is 5.69 Å². The third-order valence-corrected chi connectivity index (χ3v) is 3.23. The van der Waals surface area contributed by atoms with Crippen LogP contribution in [0.3, 0.4) is 0 Å². The Morgan fingerprint density at radius 2 is 1.90 bits per heavy atom. The largest absolute Gasteiger partial charge is 0.493 e. The summed E-state index contributed by atoms with van der Waals surface area (Å²) in [5, 5.41) is 22.7. The van der Waals surface area contributed by atoms with Crippen molar-refractivity contribution < 1.29 is 5.11 Å². The minimum atomic E-state index is 0.113. The number of aromatic nitrogens is 1. The number of benzene rings is 1. The van der Waals surface area contributed by atoms with E-state index in [1.54, 1.807) is 0 Å². The minimum Gasteiger partial charge on any atom is -0.493 e. The highest BCUT2D eigenvalue weighted by molar-refractivity contribution is 7.80. The number of aromatic hydroxyl groups is 1. The lowest BCUT2D eigenvalue weighted by Crippen LogP contribution is -2.26. The molecule has 0 unspecified atom stereocenters. The Balaban J connectivity index is 2.47. The van der Waals surface area contributed by atoms with E-state index in [1.807, 2.05) is 56.5 Å². The quantitative estimate of drug-likeness (QED) is 0.656. The fraction of sp³-hybridized carbons (Fsp3) is 0.400. The first kappa shape index (κ1) is 15.4. The summed E-state index contributed by atoms with van der Waals surface area (Å²) >= 11 is 5.09. The van der Waals surface area contributed by atoms with Crippen LogP contribution in [0.4, 0.5) is 5.69 Å². The van der Waals surface area contributed by atoms with Gasteiger partial charge in [-0.2, -0.15) is 0 Å². The number of hydrogen-bond acceptors (Lipinski definition) is 3. The van der Waals surface area contributed by atoms with Crippen molar-refractivity contribution in [2.75, 3.05) is 0 Å². The summed E-state index contributed by atoms with van der Waals surface area (Å²) in [6.07, 6.45) is 0. The summed E-state index contributed by atoms with van der Waals surface area (Å²) in [5.74, 6) is 0.113. The van der Waals surface area contributed by atoms with E-state index in [4.69, 9.17) is 12.2 Å². The molecule has 1 heterocycles. The standard InChI is InChI=1S/C15H20N4OS/c1-9(2)16-15(21)18-17-13-11-7-5-6-8-12(11)19(10(3)4)14(13)20/h5-10,20H,1-4H3,(H,16,21). The molecule has 0 amide bonds. The molecule has 1 aromatic carbocycles. The summed E-state index contributed by atoms with van der Waals surface area (Å²) in [6, 6.07) is 8.05. The number of azo groups is 1. The zero-order chi connectivity index (χ0) is 15.6. The Labute approximate surface area is 129 Å². The number of nitrogens with zero attached hydrogens (tertiary/aromatic N) is 3. The average molecular weight is 304 g/mol. The second-order valence-corrected chi connectivity index (χ2v) is 5.84. The van der Waals surface area contributed by atoms with Gasteiger partial charge in [-0.15, -0.1) is 10.2 Å². The molecule has 0 aliphatic carbocycles. The van der Waals surface area contributed by atoms with E-state index in [1.165, 1.54) is 0 Å². The molecule has 0 aliphatic heterocycles. The van der Waals surface area contributed by atoms with Crippen LogP contribution in [0.5, 0.6) is 5.88 Å².